The molecule has 108 valence electrons. The van der Waals surface area contributed by atoms with Gasteiger partial charge in [-0.2, -0.15) is 0 Å². The predicted molar refractivity (Wildman–Crippen MR) is 73.5 cm³/mol. The zero-order chi connectivity index (χ0) is 14.5. The summed E-state index contributed by atoms with van der Waals surface area (Å²) in [6.45, 7) is 2.09. The highest BCUT2D eigenvalue weighted by molar-refractivity contribution is 5.70. The van der Waals surface area contributed by atoms with Gasteiger partial charge < -0.3 is 9.84 Å². The zero-order valence-electron chi connectivity index (χ0n) is 11.7. The number of carbonyl (C=O) groups excluding carboxylic acids is 1. The fourth-order valence-electron chi connectivity index (χ4n) is 1.65. The first-order valence-electron chi connectivity index (χ1n) is 6.59. The number of esters is 1. The second-order valence-corrected chi connectivity index (χ2v) is 4.32. The molecule has 0 aliphatic heterocycles. The maximum atomic E-state index is 10.9. The Bertz CT molecular complexity index is 325. The van der Waals surface area contributed by atoms with Gasteiger partial charge in [-0.25, -0.2) is 0 Å². The number of carbonyl (C=O) groups is 1. The minimum atomic E-state index is -0.707. The van der Waals surface area contributed by atoms with Crippen molar-refractivity contribution in [3.63, 3.8) is 0 Å². The number of ether oxygens (including phenoxy) is 1. The van der Waals surface area contributed by atoms with E-state index in [0.717, 1.165) is 19.3 Å². The van der Waals surface area contributed by atoms with Crippen molar-refractivity contribution in [1.29, 1.82) is 0 Å². The van der Waals surface area contributed by atoms with E-state index in [1.165, 1.54) is 7.11 Å². The number of rotatable bonds is 10. The monoisotopic (exact) mass is 269 g/mol. The molecule has 0 radical (unpaired) electrons. The average Bonchev–Trinajstić information content (AvgIpc) is 2.42. The van der Waals surface area contributed by atoms with Crippen LogP contribution in [-0.4, -0.2) is 30.3 Å². The van der Waals surface area contributed by atoms with Crippen molar-refractivity contribution in [2.24, 2.45) is 5.11 Å². The second kappa shape index (κ2) is 11.6. The van der Waals surface area contributed by atoms with E-state index in [2.05, 4.69) is 21.7 Å². The molecule has 2 unspecified atom stereocenters. The van der Waals surface area contributed by atoms with E-state index in [9.17, 15) is 9.90 Å². The molecule has 0 saturated carbocycles. The van der Waals surface area contributed by atoms with Crippen LogP contribution in [0.3, 0.4) is 0 Å². The van der Waals surface area contributed by atoms with Gasteiger partial charge in [0, 0.05) is 4.91 Å². The number of nitrogens with zero attached hydrogens (tertiary/aromatic N) is 3. The van der Waals surface area contributed by atoms with Crippen molar-refractivity contribution >= 4 is 5.97 Å². The van der Waals surface area contributed by atoms with Crippen LogP contribution in [0.5, 0.6) is 0 Å². The summed E-state index contributed by atoms with van der Waals surface area (Å²) in [5.41, 5.74) is 8.49. The second-order valence-electron chi connectivity index (χ2n) is 4.32. The molecule has 0 heterocycles. The van der Waals surface area contributed by atoms with Crippen LogP contribution < -0.4 is 0 Å². The van der Waals surface area contributed by atoms with E-state index >= 15 is 0 Å². The maximum absolute atomic E-state index is 10.9. The standard InChI is InChI=1S/C13H23N3O3/c1-3-4-5-8-11(15-16-14)12(17)9-6-7-10-13(18)19-2/h6-7,11-12,17H,3-5,8-10H2,1-2H3. The Morgan fingerprint density at radius 1 is 1.47 bits per heavy atom. The van der Waals surface area contributed by atoms with E-state index in [-0.39, 0.29) is 12.4 Å². The van der Waals surface area contributed by atoms with Crippen molar-refractivity contribution in [3.05, 3.63) is 22.6 Å². The molecule has 0 amide bonds. The van der Waals surface area contributed by atoms with Gasteiger partial charge in [-0.1, -0.05) is 43.5 Å². The summed E-state index contributed by atoms with van der Waals surface area (Å²) in [5, 5.41) is 13.6. The summed E-state index contributed by atoms with van der Waals surface area (Å²) in [4.78, 5) is 13.6. The molecule has 0 spiro atoms. The smallest absolute Gasteiger partial charge is 0.309 e. The van der Waals surface area contributed by atoms with Crippen LogP contribution in [0.4, 0.5) is 0 Å². The van der Waals surface area contributed by atoms with Crippen LogP contribution in [-0.2, 0) is 9.53 Å². The Hall–Kier alpha value is -1.52. The summed E-state index contributed by atoms with van der Waals surface area (Å²) in [7, 11) is 1.33. The minimum absolute atomic E-state index is 0.186. The highest BCUT2D eigenvalue weighted by Crippen LogP contribution is 2.14. The molecule has 2 atom stereocenters. The molecule has 0 aromatic heterocycles. The number of aliphatic hydroxyl groups is 1. The summed E-state index contributed by atoms with van der Waals surface area (Å²) < 4.78 is 4.49. The van der Waals surface area contributed by atoms with Crippen molar-refractivity contribution in [2.45, 2.75) is 57.6 Å². The third-order valence-electron chi connectivity index (χ3n) is 2.80. The number of methoxy groups -OCH3 is 1. The number of aliphatic hydroxyl groups excluding tert-OH is 1. The third-order valence-corrected chi connectivity index (χ3v) is 2.80. The van der Waals surface area contributed by atoms with Gasteiger partial charge in [-0.05, 0) is 18.4 Å². The topological polar surface area (TPSA) is 95.3 Å². The van der Waals surface area contributed by atoms with Gasteiger partial charge >= 0.3 is 5.97 Å². The van der Waals surface area contributed by atoms with Crippen LogP contribution in [0, 0.1) is 0 Å². The number of hydrogen-bond acceptors (Lipinski definition) is 4. The number of hydrogen-bond donors (Lipinski definition) is 1. The summed E-state index contributed by atoms with van der Waals surface area (Å²) >= 11 is 0. The molecule has 6 nitrogen and oxygen atoms in total. The maximum Gasteiger partial charge on any atom is 0.309 e. The lowest BCUT2D eigenvalue weighted by Gasteiger charge is -2.16. The molecule has 0 rings (SSSR count). The first-order valence-corrected chi connectivity index (χ1v) is 6.59. The Labute approximate surface area is 114 Å². The first kappa shape index (κ1) is 17.5. The molecule has 0 saturated heterocycles. The lowest BCUT2D eigenvalue weighted by atomic mass is 10.0. The van der Waals surface area contributed by atoms with Crippen molar-refractivity contribution in [2.75, 3.05) is 7.11 Å². The van der Waals surface area contributed by atoms with Crippen molar-refractivity contribution in [1.82, 2.24) is 0 Å². The fraction of sp³-hybridized carbons (Fsp3) is 0.769. The van der Waals surface area contributed by atoms with Gasteiger partial charge in [0.2, 0.25) is 0 Å². The van der Waals surface area contributed by atoms with E-state index in [0.29, 0.717) is 12.8 Å². The van der Waals surface area contributed by atoms with Crippen LogP contribution in [0.25, 0.3) is 10.4 Å². The van der Waals surface area contributed by atoms with Crippen LogP contribution in [0.1, 0.15) is 45.4 Å². The Kier molecular flexibility index (Phi) is 10.6. The van der Waals surface area contributed by atoms with E-state index in [1.54, 1.807) is 12.2 Å². The summed E-state index contributed by atoms with van der Waals surface area (Å²) in [5.74, 6) is -0.319. The highest BCUT2D eigenvalue weighted by atomic mass is 16.5. The molecule has 1 N–H and O–H groups in total. The number of unbranched alkanes of at least 4 members (excludes halogenated alkanes) is 2. The highest BCUT2D eigenvalue weighted by Gasteiger charge is 2.15. The van der Waals surface area contributed by atoms with Gasteiger partial charge in [-0.15, -0.1) is 0 Å². The summed E-state index contributed by atoms with van der Waals surface area (Å²) in [6.07, 6.45) is 6.96. The molecule has 0 fully saturated rings. The molecule has 0 aromatic rings. The lowest BCUT2D eigenvalue weighted by Crippen LogP contribution is -2.23. The van der Waals surface area contributed by atoms with Crippen LogP contribution in [0.2, 0.25) is 0 Å². The van der Waals surface area contributed by atoms with Gasteiger partial charge in [0.1, 0.15) is 0 Å². The summed E-state index contributed by atoms with van der Waals surface area (Å²) in [6, 6.07) is -0.403. The SMILES string of the molecule is CCCCCC(N=[N+]=[N-])C(O)CC=CCC(=O)OC. The molecule has 0 aliphatic carbocycles. The fourth-order valence-corrected chi connectivity index (χ4v) is 1.65. The molecule has 0 aromatic carbocycles. The zero-order valence-corrected chi connectivity index (χ0v) is 11.7. The molecule has 0 bridgehead atoms. The van der Waals surface area contributed by atoms with Crippen LogP contribution >= 0.6 is 0 Å². The lowest BCUT2D eigenvalue weighted by molar-refractivity contribution is -0.139. The molecule has 19 heavy (non-hydrogen) atoms. The normalized spacial score (nSPS) is 13.8. The predicted octanol–water partition coefficient (Wildman–Crippen LogP) is 3.12. The van der Waals surface area contributed by atoms with E-state index in [4.69, 9.17) is 5.53 Å². The molecule has 6 heteroatoms. The average molecular weight is 269 g/mol. The van der Waals surface area contributed by atoms with Gasteiger partial charge in [-0.3, -0.25) is 4.79 Å². The van der Waals surface area contributed by atoms with Crippen molar-refractivity contribution < 1.29 is 14.6 Å². The Balaban J connectivity index is 4.12. The van der Waals surface area contributed by atoms with Gasteiger partial charge in [0.05, 0.1) is 25.7 Å². The van der Waals surface area contributed by atoms with Gasteiger partial charge in [0.25, 0.3) is 0 Å². The van der Waals surface area contributed by atoms with E-state index < -0.39 is 12.1 Å². The van der Waals surface area contributed by atoms with Crippen LogP contribution in [0.15, 0.2) is 17.3 Å². The minimum Gasteiger partial charge on any atom is -0.469 e. The van der Waals surface area contributed by atoms with Gasteiger partial charge in [0.15, 0.2) is 0 Å². The largest absolute Gasteiger partial charge is 0.469 e. The third kappa shape index (κ3) is 9.11. The Morgan fingerprint density at radius 3 is 2.79 bits per heavy atom. The Morgan fingerprint density at radius 2 is 2.21 bits per heavy atom. The van der Waals surface area contributed by atoms with Crippen molar-refractivity contribution in [3.8, 4) is 0 Å². The quantitative estimate of drug-likeness (QED) is 0.165. The molecule has 0 aliphatic rings. The van der Waals surface area contributed by atoms with E-state index in [1.807, 2.05) is 0 Å². The molecular weight excluding hydrogens is 246 g/mol. The number of azide groups is 1. The first-order chi connectivity index (χ1) is 9.15. The molecular formula is C13H23N3O3.